The Hall–Kier alpha value is -1.89. The zero-order valence-electron chi connectivity index (χ0n) is 10.6. The van der Waals surface area contributed by atoms with Gasteiger partial charge in [-0.1, -0.05) is 6.07 Å². The molecule has 1 N–H and O–H groups in total. The van der Waals surface area contributed by atoms with E-state index in [1.54, 1.807) is 28.1 Å². The summed E-state index contributed by atoms with van der Waals surface area (Å²) >= 11 is 3.46. The first-order chi connectivity index (χ1) is 9.50. The summed E-state index contributed by atoms with van der Waals surface area (Å²) in [7, 11) is 1.79. The van der Waals surface area contributed by atoms with Gasteiger partial charge >= 0.3 is 5.97 Å². The van der Waals surface area contributed by atoms with Crippen molar-refractivity contribution in [3.8, 4) is 0 Å². The largest absolute Gasteiger partial charge is 0.481 e. The van der Waals surface area contributed by atoms with Crippen LogP contribution in [0.2, 0.25) is 0 Å². The van der Waals surface area contributed by atoms with Gasteiger partial charge in [0.2, 0.25) is 5.78 Å². The van der Waals surface area contributed by atoms with Crippen LogP contribution in [-0.4, -0.2) is 25.0 Å². The minimum absolute atomic E-state index is 0.0336. The van der Waals surface area contributed by atoms with Gasteiger partial charge in [-0.25, -0.2) is 9.37 Å². The molecule has 0 atom stereocenters. The molecule has 5 nitrogen and oxygen atoms in total. The number of aliphatic carboxylic acids is 1. The van der Waals surface area contributed by atoms with E-state index in [-0.39, 0.29) is 12.2 Å². The van der Waals surface area contributed by atoms with Crippen molar-refractivity contribution in [2.24, 2.45) is 7.05 Å². The Morgan fingerprint density at radius 2 is 2.25 bits per heavy atom. The zero-order valence-corrected chi connectivity index (χ0v) is 12.2. The summed E-state index contributed by atoms with van der Waals surface area (Å²) in [5.41, 5.74) is 1.79. The maximum Gasteiger partial charge on any atom is 0.303 e. The highest BCUT2D eigenvalue weighted by atomic mass is 79.9. The summed E-state index contributed by atoms with van der Waals surface area (Å²) in [4.78, 5) is 15.0. The Kier molecular flexibility index (Phi) is 3.01. The molecule has 7 heteroatoms. The van der Waals surface area contributed by atoms with Gasteiger partial charge in [0.05, 0.1) is 17.6 Å². The molecule has 3 aromatic rings. The number of nitrogens with zero attached hydrogens (tertiary/aromatic N) is 3. The van der Waals surface area contributed by atoms with E-state index in [1.165, 1.54) is 6.07 Å². The van der Waals surface area contributed by atoms with Crippen LogP contribution in [0.1, 0.15) is 12.1 Å². The number of imidazole rings is 2. The van der Waals surface area contributed by atoms with Crippen molar-refractivity contribution in [3.63, 3.8) is 0 Å². The van der Waals surface area contributed by atoms with Gasteiger partial charge in [0.15, 0.2) is 5.82 Å². The summed E-state index contributed by atoms with van der Waals surface area (Å²) in [6, 6.07) is 4.78. The number of aromatic nitrogens is 3. The molecular formula is C13H11BrFN3O2. The van der Waals surface area contributed by atoms with Crippen LogP contribution in [0.15, 0.2) is 22.8 Å². The van der Waals surface area contributed by atoms with Crippen molar-refractivity contribution < 1.29 is 14.3 Å². The van der Waals surface area contributed by atoms with Crippen molar-refractivity contribution in [2.45, 2.75) is 12.8 Å². The van der Waals surface area contributed by atoms with Gasteiger partial charge in [-0.3, -0.25) is 9.20 Å². The Balaban J connectivity index is 2.26. The summed E-state index contributed by atoms with van der Waals surface area (Å²) in [6.07, 6.45) is 0.415. The SMILES string of the molecule is Cn1c(CCC(=O)O)c(Br)n2c3cccc(F)c3nc12. The number of hydrogen-bond acceptors (Lipinski definition) is 2. The highest BCUT2D eigenvalue weighted by Gasteiger charge is 2.19. The Morgan fingerprint density at radius 1 is 1.50 bits per heavy atom. The van der Waals surface area contributed by atoms with E-state index >= 15 is 0 Å². The molecule has 0 radical (unpaired) electrons. The monoisotopic (exact) mass is 339 g/mol. The molecular weight excluding hydrogens is 329 g/mol. The second kappa shape index (κ2) is 4.59. The molecule has 0 aliphatic carbocycles. The first kappa shape index (κ1) is 13.1. The predicted molar refractivity (Wildman–Crippen MR) is 75.3 cm³/mol. The molecule has 0 saturated heterocycles. The maximum atomic E-state index is 13.7. The van der Waals surface area contributed by atoms with E-state index < -0.39 is 5.97 Å². The second-order valence-electron chi connectivity index (χ2n) is 4.55. The topological polar surface area (TPSA) is 59.5 Å². The number of carboxylic acids is 1. The third-order valence-electron chi connectivity index (χ3n) is 3.33. The lowest BCUT2D eigenvalue weighted by molar-refractivity contribution is -0.136. The van der Waals surface area contributed by atoms with Crippen molar-refractivity contribution in [3.05, 3.63) is 34.3 Å². The van der Waals surface area contributed by atoms with Crippen LogP contribution in [-0.2, 0) is 18.3 Å². The third kappa shape index (κ3) is 1.81. The highest BCUT2D eigenvalue weighted by molar-refractivity contribution is 9.10. The fraction of sp³-hybridized carbons (Fsp3) is 0.231. The summed E-state index contributed by atoms with van der Waals surface area (Å²) in [6.45, 7) is 0. The molecule has 1 aromatic carbocycles. The first-order valence-electron chi connectivity index (χ1n) is 6.02. The van der Waals surface area contributed by atoms with E-state index in [2.05, 4.69) is 20.9 Å². The number of para-hydroxylation sites is 1. The van der Waals surface area contributed by atoms with Gasteiger partial charge in [0.1, 0.15) is 10.1 Å². The van der Waals surface area contributed by atoms with Gasteiger partial charge in [0, 0.05) is 13.5 Å². The average Bonchev–Trinajstić information content (AvgIpc) is 2.87. The summed E-state index contributed by atoms with van der Waals surface area (Å²) < 4.78 is 18.0. The van der Waals surface area contributed by atoms with Crippen molar-refractivity contribution in [2.75, 3.05) is 0 Å². The standard InChI is InChI=1S/C13H11BrFN3O2/c1-17-9(5-6-10(19)20)12(14)18-8-4-2-3-7(15)11(8)16-13(17)18/h2-4H,5-6H2,1H3,(H,19,20). The van der Waals surface area contributed by atoms with Gasteiger partial charge < -0.3 is 9.67 Å². The van der Waals surface area contributed by atoms with E-state index in [0.717, 1.165) is 5.69 Å². The number of aryl methyl sites for hydroxylation is 1. The smallest absolute Gasteiger partial charge is 0.303 e. The third-order valence-corrected chi connectivity index (χ3v) is 4.15. The molecule has 3 rings (SSSR count). The Labute approximate surface area is 121 Å². The molecule has 104 valence electrons. The lowest BCUT2D eigenvalue weighted by Gasteiger charge is -2.01. The minimum Gasteiger partial charge on any atom is -0.481 e. The Morgan fingerprint density at radius 3 is 2.95 bits per heavy atom. The molecule has 0 saturated carbocycles. The molecule has 2 aromatic heterocycles. The van der Waals surface area contributed by atoms with E-state index in [1.807, 2.05) is 0 Å². The van der Waals surface area contributed by atoms with Crippen molar-refractivity contribution in [1.82, 2.24) is 14.0 Å². The van der Waals surface area contributed by atoms with Crippen LogP contribution in [0.3, 0.4) is 0 Å². The fourth-order valence-corrected chi connectivity index (χ4v) is 3.17. The molecule has 0 spiro atoms. The predicted octanol–water partition coefficient (Wildman–Crippen LogP) is 2.74. The minimum atomic E-state index is -0.855. The lowest BCUT2D eigenvalue weighted by Crippen LogP contribution is -2.02. The van der Waals surface area contributed by atoms with Crippen LogP contribution in [0.5, 0.6) is 0 Å². The molecule has 0 aliphatic rings. The van der Waals surface area contributed by atoms with Crippen molar-refractivity contribution in [1.29, 1.82) is 0 Å². The fourth-order valence-electron chi connectivity index (χ4n) is 2.36. The van der Waals surface area contributed by atoms with Crippen LogP contribution in [0.4, 0.5) is 4.39 Å². The van der Waals surface area contributed by atoms with Gasteiger partial charge in [0.25, 0.3) is 0 Å². The number of carbonyl (C=O) groups is 1. The molecule has 0 bridgehead atoms. The van der Waals surface area contributed by atoms with Crippen molar-refractivity contribution >= 4 is 38.7 Å². The molecule has 0 fully saturated rings. The van der Waals surface area contributed by atoms with E-state index in [9.17, 15) is 9.18 Å². The molecule has 0 unspecified atom stereocenters. The molecule has 2 heterocycles. The first-order valence-corrected chi connectivity index (χ1v) is 6.81. The van der Waals surface area contributed by atoms with Crippen LogP contribution >= 0.6 is 15.9 Å². The quantitative estimate of drug-likeness (QED) is 0.798. The number of hydrogen-bond donors (Lipinski definition) is 1. The van der Waals surface area contributed by atoms with Gasteiger partial charge in [-0.05, 0) is 28.1 Å². The van der Waals surface area contributed by atoms with Gasteiger partial charge in [-0.2, -0.15) is 0 Å². The normalized spacial score (nSPS) is 11.6. The van der Waals surface area contributed by atoms with Crippen LogP contribution in [0, 0.1) is 5.82 Å². The van der Waals surface area contributed by atoms with Crippen LogP contribution < -0.4 is 0 Å². The van der Waals surface area contributed by atoms with Gasteiger partial charge in [-0.15, -0.1) is 0 Å². The number of rotatable bonds is 3. The lowest BCUT2D eigenvalue weighted by atomic mass is 10.2. The number of fused-ring (bicyclic) bond motifs is 3. The number of carboxylic acid groups (broad SMARTS) is 1. The Bertz CT molecular complexity index is 837. The molecule has 0 aliphatic heterocycles. The number of benzene rings is 1. The highest BCUT2D eigenvalue weighted by Crippen LogP contribution is 2.28. The van der Waals surface area contributed by atoms with E-state index in [0.29, 0.717) is 27.8 Å². The summed E-state index contributed by atoms with van der Waals surface area (Å²) in [5, 5.41) is 8.79. The summed E-state index contributed by atoms with van der Waals surface area (Å²) in [5.74, 6) is -0.644. The molecule has 20 heavy (non-hydrogen) atoms. The van der Waals surface area contributed by atoms with E-state index in [4.69, 9.17) is 5.11 Å². The van der Waals surface area contributed by atoms with Crippen LogP contribution in [0.25, 0.3) is 16.8 Å². The number of halogens is 2. The molecule has 0 amide bonds. The second-order valence-corrected chi connectivity index (χ2v) is 5.30. The average molecular weight is 340 g/mol. The maximum absolute atomic E-state index is 13.7. The zero-order chi connectivity index (χ0) is 14.4.